The van der Waals surface area contributed by atoms with Crippen LogP contribution in [-0.2, 0) is 10.0 Å². The molecule has 3 atom stereocenters. The Balaban J connectivity index is 2.57. The predicted octanol–water partition coefficient (Wildman–Crippen LogP) is 2.25. The molecule has 0 aromatic heterocycles. The summed E-state index contributed by atoms with van der Waals surface area (Å²) in [5, 5.41) is 19.3. The average molecular weight is 383 g/mol. The Morgan fingerprint density at radius 1 is 1.40 bits per heavy atom. The Hall–Kier alpha value is -1.68. The minimum atomic E-state index is -4.10. The summed E-state index contributed by atoms with van der Waals surface area (Å²) in [6, 6.07) is 8.76. The third-order valence-corrected chi connectivity index (χ3v) is 6.56. The number of nitrogens with one attached hydrogen (secondary N) is 1. The number of rotatable bonds is 7. The lowest BCUT2D eigenvalue weighted by molar-refractivity contribution is -0.561. The average Bonchev–Trinajstić information content (AvgIpc) is 2.56. The second-order valence-corrected chi connectivity index (χ2v) is 8.56. The van der Waals surface area contributed by atoms with Crippen LogP contribution in [0.3, 0.4) is 0 Å². The Labute approximate surface area is 151 Å². The summed E-state index contributed by atoms with van der Waals surface area (Å²) in [6.07, 6.45) is 4.75. The number of benzene rings is 1. The summed E-state index contributed by atoms with van der Waals surface area (Å²) in [6.45, 7) is 3.71. The van der Waals surface area contributed by atoms with Gasteiger partial charge in [-0.15, -0.1) is 11.8 Å². The number of hydrogen-bond donors (Lipinski definition) is 2. The van der Waals surface area contributed by atoms with Crippen molar-refractivity contribution in [2.75, 3.05) is 0 Å². The molecule has 0 fully saturated rings. The molecule has 0 heterocycles. The van der Waals surface area contributed by atoms with Gasteiger partial charge in [-0.1, -0.05) is 31.2 Å². The first-order chi connectivity index (χ1) is 11.7. The van der Waals surface area contributed by atoms with Gasteiger partial charge in [-0.3, -0.25) is 10.1 Å². The summed E-state index contributed by atoms with van der Waals surface area (Å²) in [5.41, 5.74) is -1.77. The second kappa shape index (κ2) is 7.69. The molecule has 3 unspecified atom stereocenters. The van der Waals surface area contributed by atoms with Gasteiger partial charge in [0.05, 0.1) is 4.91 Å². The monoisotopic (exact) mass is 383 g/mol. The molecule has 0 amide bonds. The Morgan fingerprint density at radius 3 is 2.56 bits per heavy atom. The number of nitrogens with two attached hydrogens (primary N) is 1. The lowest BCUT2D eigenvalue weighted by atomic mass is 9.99. The highest BCUT2D eigenvalue weighted by molar-refractivity contribution is 8.02. The van der Waals surface area contributed by atoms with E-state index in [9.17, 15) is 18.5 Å². The van der Waals surface area contributed by atoms with Crippen molar-refractivity contribution in [1.82, 2.24) is 5.32 Å². The molecule has 25 heavy (non-hydrogen) atoms. The number of sulfonamides is 1. The summed E-state index contributed by atoms with van der Waals surface area (Å²) in [4.78, 5) is 12.1. The molecule has 1 aliphatic rings. The van der Waals surface area contributed by atoms with E-state index in [0.717, 1.165) is 16.7 Å². The third kappa shape index (κ3) is 4.30. The molecule has 1 aliphatic carbocycles. The maximum atomic E-state index is 12.1. The fraction of sp³-hybridized carbons (Fsp3) is 0.375. The maximum Gasteiger partial charge on any atom is 0.311 e. The molecule has 2 rings (SSSR count). The normalized spacial score (nSPS) is 24.6. The van der Waals surface area contributed by atoms with E-state index in [-0.39, 0.29) is 10.9 Å². The van der Waals surface area contributed by atoms with Crippen molar-refractivity contribution >= 4 is 21.8 Å². The number of nitro groups is 1. The van der Waals surface area contributed by atoms with Crippen LogP contribution >= 0.6 is 11.8 Å². The SMILES string of the molecule is CCC(C)NC1([N+](=O)[O-])C=CC=C(S(N)(=O)=O)C1Sc1ccccc1. The number of nitrogens with zero attached hydrogens (tertiary/aromatic N) is 1. The summed E-state index contributed by atoms with van der Waals surface area (Å²) in [5.74, 6) is 0. The zero-order chi connectivity index (χ0) is 18.7. The van der Waals surface area contributed by atoms with E-state index >= 15 is 0 Å². The summed E-state index contributed by atoms with van der Waals surface area (Å²) >= 11 is 1.10. The molecule has 9 heteroatoms. The van der Waals surface area contributed by atoms with Crippen molar-refractivity contribution in [3.63, 3.8) is 0 Å². The number of thioether (sulfide) groups is 1. The van der Waals surface area contributed by atoms with Gasteiger partial charge >= 0.3 is 5.66 Å². The van der Waals surface area contributed by atoms with Gasteiger partial charge in [-0.2, -0.15) is 0 Å². The largest absolute Gasteiger partial charge is 0.311 e. The number of allylic oxidation sites excluding steroid dienone is 2. The van der Waals surface area contributed by atoms with Crippen LogP contribution in [0.2, 0.25) is 0 Å². The van der Waals surface area contributed by atoms with Gasteiger partial charge < -0.3 is 0 Å². The Kier molecular flexibility index (Phi) is 6.04. The van der Waals surface area contributed by atoms with Gasteiger partial charge in [0.25, 0.3) is 0 Å². The first kappa shape index (κ1) is 19.6. The van der Waals surface area contributed by atoms with Crippen LogP contribution in [-0.4, -0.2) is 30.3 Å². The Bertz CT molecular complexity index is 793. The smallest absolute Gasteiger partial charge is 0.262 e. The molecular formula is C16H21N3O4S2. The molecular weight excluding hydrogens is 362 g/mol. The van der Waals surface area contributed by atoms with Gasteiger partial charge in [0.1, 0.15) is 5.25 Å². The van der Waals surface area contributed by atoms with E-state index in [0.29, 0.717) is 6.42 Å². The zero-order valence-corrected chi connectivity index (χ0v) is 15.6. The fourth-order valence-electron chi connectivity index (χ4n) is 2.54. The van der Waals surface area contributed by atoms with Crippen molar-refractivity contribution in [2.45, 2.75) is 42.1 Å². The highest BCUT2D eigenvalue weighted by atomic mass is 32.2. The van der Waals surface area contributed by atoms with Gasteiger partial charge in [0.2, 0.25) is 10.0 Å². The van der Waals surface area contributed by atoms with E-state index < -0.39 is 25.9 Å². The first-order valence-electron chi connectivity index (χ1n) is 7.77. The van der Waals surface area contributed by atoms with Gasteiger partial charge in [-0.05, 0) is 31.6 Å². The molecule has 7 nitrogen and oxygen atoms in total. The molecule has 0 radical (unpaired) electrons. The molecule has 0 saturated carbocycles. The van der Waals surface area contributed by atoms with Crippen molar-refractivity contribution in [3.05, 3.63) is 63.6 Å². The minimum absolute atomic E-state index is 0.170. The number of primary sulfonamides is 1. The standard InChI is InChI=1S/C16H21N3O4S2/c1-3-12(2)18-16(19(20)21)11-7-10-14(25(17,22)23)15(16)24-13-8-5-4-6-9-13/h4-12,15,18H,3H2,1-2H3,(H2,17,22,23). The summed E-state index contributed by atoms with van der Waals surface area (Å²) < 4.78 is 24.1. The molecule has 3 N–H and O–H groups in total. The molecule has 0 aliphatic heterocycles. The van der Waals surface area contributed by atoms with Crippen molar-refractivity contribution in [3.8, 4) is 0 Å². The zero-order valence-electron chi connectivity index (χ0n) is 14.0. The minimum Gasteiger partial charge on any atom is -0.262 e. The molecule has 0 spiro atoms. The predicted molar refractivity (Wildman–Crippen MR) is 99.0 cm³/mol. The van der Waals surface area contributed by atoms with Crippen molar-refractivity contribution < 1.29 is 13.3 Å². The van der Waals surface area contributed by atoms with E-state index in [2.05, 4.69) is 5.32 Å². The van der Waals surface area contributed by atoms with Gasteiger partial charge in [-0.25, -0.2) is 18.9 Å². The van der Waals surface area contributed by atoms with Crippen LogP contribution in [0.4, 0.5) is 0 Å². The van der Waals surface area contributed by atoms with Crippen LogP contribution in [0.15, 0.2) is 58.4 Å². The van der Waals surface area contributed by atoms with E-state index in [4.69, 9.17) is 5.14 Å². The fourth-order valence-corrected chi connectivity index (χ4v) is 5.02. The van der Waals surface area contributed by atoms with Crippen LogP contribution in [0, 0.1) is 10.1 Å². The van der Waals surface area contributed by atoms with E-state index in [1.165, 1.54) is 18.2 Å². The molecule has 0 bridgehead atoms. The number of hydrogen-bond acceptors (Lipinski definition) is 6. The lowest BCUT2D eigenvalue weighted by Gasteiger charge is -2.35. The van der Waals surface area contributed by atoms with Crippen LogP contribution in [0.5, 0.6) is 0 Å². The highest BCUT2D eigenvalue weighted by Gasteiger charge is 2.54. The van der Waals surface area contributed by atoms with Gasteiger partial charge in [0.15, 0.2) is 0 Å². The first-order valence-corrected chi connectivity index (χ1v) is 10.2. The lowest BCUT2D eigenvalue weighted by Crippen LogP contribution is -2.62. The van der Waals surface area contributed by atoms with Crippen LogP contribution in [0.25, 0.3) is 0 Å². The van der Waals surface area contributed by atoms with Crippen LogP contribution in [0.1, 0.15) is 20.3 Å². The Morgan fingerprint density at radius 2 is 2.04 bits per heavy atom. The molecule has 136 valence electrons. The van der Waals surface area contributed by atoms with E-state index in [1.54, 1.807) is 24.3 Å². The van der Waals surface area contributed by atoms with Gasteiger partial charge in [0, 0.05) is 21.9 Å². The van der Waals surface area contributed by atoms with Crippen molar-refractivity contribution in [2.24, 2.45) is 5.14 Å². The molecule has 1 aromatic carbocycles. The quantitative estimate of drug-likeness (QED) is 0.424. The topological polar surface area (TPSA) is 115 Å². The third-order valence-electron chi connectivity index (χ3n) is 3.99. The van der Waals surface area contributed by atoms with Crippen molar-refractivity contribution in [1.29, 1.82) is 0 Å². The highest BCUT2D eigenvalue weighted by Crippen LogP contribution is 2.40. The maximum absolute atomic E-state index is 12.1. The molecule has 1 aromatic rings. The van der Waals surface area contributed by atoms with E-state index in [1.807, 2.05) is 19.9 Å². The molecule has 0 saturated heterocycles. The van der Waals surface area contributed by atoms with Crippen LogP contribution < -0.4 is 10.5 Å². The summed E-state index contributed by atoms with van der Waals surface area (Å²) in [7, 11) is -4.10. The second-order valence-electron chi connectivity index (χ2n) is 5.82.